The van der Waals surface area contributed by atoms with E-state index in [1.165, 1.54) is 0 Å². The number of nitrogens with zero attached hydrogens (tertiary/aromatic N) is 2. The van der Waals surface area contributed by atoms with Crippen molar-refractivity contribution in [3.63, 3.8) is 0 Å². The maximum atomic E-state index is 12.6. The van der Waals surface area contributed by atoms with Gasteiger partial charge in [0.05, 0.1) is 11.3 Å². The molecule has 0 saturated heterocycles. The van der Waals surface area contributed by atoms with Crippen LogP contribution < -0.4 is 5.32 Å². The van der Waals surface area contributed by atoms with E-state index >= 15 is 0 Å². The van der Waals surface area contributed by atoms with Gasteiger partial charge in [0.15, 0.2) is 6.17 Å². The Hall–Kier alpha value is -2.01. The highest BCUT2D eigenvalue weighted by atomic mass is 35.5. The van der Waals surface area contributed by atoms with Gasteiger partial charge in [0.2, 0.25) is 0 Å². The summed E-state index contributed by atoms with van der Waals surface area (Å²) >= 11 is 6.01. The molecule has 1 atom stereocenters. The van der Waals surface area contributed by atoms with Gasteiger partial charge in [0.25, 0.3) is 5.91 Å². The Morgan fingerprint density at radius 2 is 2.30 bits per heavy atom. The molecule has 6 heteroatoms. The Labute approximate surface area is 122 Å². The molecule has 2 heterocycles. The highest BCUT2D eigenvalue weighted by Crippen LogP contribution is 2.33. The first-order chi connectivity index (χ1) is 9.70. The van der Waals surface area contributed by atoms with Crippen molar-refractivity contribution in [1.29, 1.82) is 0 Å². The second-order valence-electron chi connectivity index (χ2n) is 4.71. The van der Waals surface area contributed by atoms with Crippen molar-refractivity contribution in [3.05, 3.63) is 47.0 Å². The van der Waals surface area contributed by atoms with Gasteiger partial charge in [-0.3, -0.25) is 4.79 Å². The summed E-state index contributed by atoms with van der Waals surface area (Å²) < 4.78 is 0. The van der Waals surface area contributed by atoms with E-state index in [9.17, 15) is 4.79 Å². The van der Waals surface area contributed by atoms with Gasteiger partial charge >= 0.3 is 0 Å². The number of amides is 1. The summed E-state index contributed by atoms with van der Waals surface area (Å²) in [6.07, 6.45) is 4.02. The van der Waals surface area contributed by atoms with Crippen molar-refractivity contribution in [3.8, 4) is 0 Å². The molecule has 104 valence electrons. The third-order valence-electron chi connectivity index (χ3n) is 3.32. The maximum Gasteiger partial charge on any atom is 0.257 e. The predicted octanol–water partition coefficient (Wildman–Crippen LogP) is 3.04. The monoisotopic (exact) mass is 290 g/mol. The van der Waals surface area contributed by atoms with Crippen molar-refractivity contribution in [2.75, 3.05) is 11.9 Å². The molecule has 2 N–H and O–H groups in total. The third-order valence-corrected chi connectivity index (χ3v) is 3.55. The van der Waals surface area contributed by atoms with E-state index in [-0.39, 0.29) is 12.1 Å². The lowest BCUT2D eigenvalue weighted by Gasteiger charge is -2.36. The Bertz CT molecular complexity index is 626. The quantitative estimate of drug-likeness (QED) is 0.913. The van der Waals surface area contributed by atoms with Crippen molar-refractivity contribution in [2.24, 2.45) is 0 Å². The topological polar surface area (TPSA) is 61.0 Å². The Balaban J connectivity index is 2.04. The van der Waals surface area contributed by atoms with Crippen LogP contribution in [-0.2, 0) is 0 Å². The Morgan fingerprint density at radius 3 is 3.00 bits per heavy atom. The van der Waals surface area contributed by atoms with Gasteiger partial charge in [0, 0.05) is 24.0 Å². The molecule has 3 rings (SSSR count). The smallest absolute Gasteiger partial charge is 0.257 e. The minimum absolute atomic E-state index is 0.00123. The van der Waals surface area contributed by atoms with Crippen molar-refractivity contribution < 1.29 is 4.79 Å². The van der Waals surface area contributed by atoms with Crippen LogP contribution in [0.1, 0.15) is 35.7 Å². The molecular formula is C14H15ClN4O. The lowest BCUT2D eigenvalue weighted by atomic mass is 10.1. The number of halogens is 1. The summed E-state index contributed by atoms with van der Waals surface area (Å²) in [6, 6.07) is 5.26. The van der Waals surface area contributed by atoms with Crippen LogP contribution in [0.4, 0.5) is 5.69 Å². The van der Waals surface area contributed by atoms with Crippen LogP contribution in [0, 0.1) is 0 Å². The lowest BCUT2D eigenvalue weighted by molar-refractivity contribution is 0.0676. The molecule has 0 aliphatic carbocycles. The van der Waals surface area contributed by atoms with Gasteiger partial charge in [-0.05, 0) is 24.6 Å². The van der Waals surface area contributed by atoms with Crippen molar-refractivity contribution >= 4 is 23.2 Å². The number of carbonyl (C=O) groups is 1. The van der Waals surface area contributed by atoms with E-state index in [0.29, 0.717) is 17.1 Å². The fourth-order valence-electron chi connectivity index (χ4n) is 2.43. The number of aromatic nitrogens is 2. The highest BCUT2D eigenvalue weighted by molar-refractivity contribution is 6.31. The number of aromatic amines is 1. The number of nitrogens with one attached hydrogen (secondary N) is 2. The van der Waals surface area contributed by atoms with Gasteiger partial charge < -0.3 is 15.2 Å². The second-order valence-corrected chi connectivity index (χ2v) is 5.15. The van der Waals surface area contributed by atoms with Crippen LogP contribution >= 0.6 is 11.6 Å². The zero-order valence-corrected chi connectivity index (χ0v) is 11.8. The number of hydrogen-bond acceptors (Lipinski definition) is 3. The summed E-state index contributed by atoms with van der Waals surface area (Å²) in [5.41, 5.74) is 1.39. The van der Waals surface area contributed by atoms with Crippen LogP contribution in [-0.4, -0.2) is 27.3 Å². The largest absolute Gasteiger partial charge is 0.358 e. The minimum Gasteiger partial charge on any atom is -0.358 e. The van der Waals surface area contributed by atoms with Crippen LogP contribution in [0.25, 0.3) is 0 Å². The number of benzene rings is 1. The molecule has 0 bridgehead atoms. The number of carbonyl (C=O) groups excluding carboxylic acids is 1. The molecule has 1 aromatic carbocycles. The molecule has 20 heavy (non-hydrogen) atoms. The first-order valence-corrected chi connectivity index (χ1v) is 6.95. The van der Waals surface area contributed by atoms with Gasteiger partial charge in [-0.25, -0.2) is 4.98 Å². The number of fused-ring (bicyclic) bond motifs is 1. The molecule has 1 aromatic heterocycles. The number of H-pyrrole nitrogens is 1. The van der Waals surface area contributed by atoms with Crippen molar-refractivity contribution in [1.82, 2.24) is 14.9 Å². The summed E-state index contributed by atoms with van der Waals surface area (Å²) in [4.78, 5) is 21.7. The fourth-order valence-corrected chi connectivity index (χ4v) is 2.61. The zero-order valence-electron chi connectivity index (χ0n) is 11.1. The number of rotatable bonds is 3. The van der Waals surface area contributed by atoms with Crippen molar-refractivity contribution in [2.45, 2.75) is 19.5 Å². The fraction of sp³-hybridized carbons (Fsp3) is 0.286. The van der Waals surface area contributed by atoms with Gasteiger partial charge in [-0.15, -0.1) is 0 Å². The molecule has 1 aliphatic rings. The summed E-state index contributed by atoms with van der Waals surface area (Å²) in [6.45, 7) is 2.71. The molecule has 0 radical (unpaired) electrons. The van der Waals surface area contributed by atoms with E-state index in [4.69, 9.17) is 11.6 Å². The third kappa shape index (κ3) is 2.14. The van der Waals surface area contributed by atoms with Gasteiger partial charge in [-0.2, -0.15) is 0 Å². The van der Waals surface area contributed by atoms with E-state index in [1.807, 2.05) is 6.92 Å². The van der Waals surface area contributed by atoms with Crippen LogP contribution in [0.2, 0.25) is 5.02 Å². The summed E-state index contributed by atoms with van der Waals surface area (Å²) in [5, 5.41) is 3.94. The van der Waals surface area contributed by atoms with E-state index < -0.39 is 0 Å². The maximum absolute atomic E-state index is 12.6. The highest BCUT2D eigenvalue weighted by Gasteiger charge is 2.33. The first-order valence-electron chi connectivity index (χ1n) is 6.57. The number of imidazole rings is 1. The molecule has 2 aromatic rings. The standard InChI is InChI=1S/C14H15ClN4O/c1-2-7-19-13(12-16-5-6-17-12)18-11-8-9(15)3-4-10(11)14(19)20/h3-6,8,13,18H,2,7H2,1H3,(H,16,17)/t13-/m0/s1. The molecule has 0 fully saturated rings. The number of hydrogen-bond donors (Lipinski definition) is 2. The molecule has 0 saturated carbocycles. The average molecular weight is 291 g/mol. The van der Waals surface area contributed by atoms with Crippen LogP contribution in [0.3, 0.4) is 0 Å². The lowest BCUT2D eigenvalue weighted by Crippen LogP contribution is -2.43. The van der Waals surface area contributed by atoms with E-state index in [1.54, 1.807) is 35.5 Å². The van der Waals surface area contributed by atoms with Crippen LogP contribution in [0.5, 0.6) is 0 Å². The molecule has 5 nitrogen and oxygen atoms in total. The zero-order chi connectivity index (χ0) is 14.1. The average Bonchev–Trinajstić information content (AvgIpc) is 2.95. The predicted molar refractivity (Wildman–Crippen MR) is 77.7 cm³/mol. The van der Waals surface area contributed by atoms with Gasteiger partial charge in [0.1, 0.15) is 5.82 Å². The molecule has 1 amide bonds. The normalized spacial score (nSPS) is 17.8. The van der Waals surface area contributed by atoms with Crippen LogP contribution in [0.15, 0.2) is 30.6 Å². The molecule has 1 aliphatic heterocycles. The minimum atomic E-state index is -0.289. The Kier molecular flexibility index (Phi) is 3.36. The van der Waals surface area contributed by atoms with E-state index in [0.717, 1.165) is 17.9 Å². The SMILES string of the molecule is CCCN1C(=O)c2ccc(Cl)cc2N[C@@H]1c1ncc[nH]1. The summed E-state index contributed by atoms with van der Waals surface area (Å²) in [7, 11) is 0. The first kappa shape index (κ1) is 13.0. The molecular weight excluding hydrogens is 276 g/mol. The molecule has 0 spiro atoms. The Morgan fingerprint density at radius 1 is 1.45 bits per heavy atom. The van der Waals surface area contributed by atoms with E-state index in [2.05, 4.69) is 15.3 Å². The molecule has 0 unspecified atom stereocenters. The van der Waals surface area contributed by atoms with Gasteiger partial charge in [-0.1, -0.05) is 18.5 Å². The summed E-state index contributed by atoms with van der Waals surface area (Å²) in [5.74, 6) is 0.719. The second kappa shape index (κ2) is 5.17. The number of anilines is 1.